The standard InChI is InChI=1S/C34H39N3O10/c1-19(2)31-33(43)37(18-30(41)35-26(15-24-11-9-8-10-12-24)32(42)34(44)45-20(3)4)27(17-36(31)21(5)38)25-13-14-28(46-22(6)39)29(16-25)47-23(7)40/h8-14,16-17,19-20,26,31H,15,18H2,1-7H3,(H,35,41)/t26-,31?/m0/s1. The van der Waals surface area contributed by atoms with Crippen LogP contribution in [0.3, 0.4) is 0 Å². The molecule has 13 nitrogen and oxygen atoms in total. The second-order valence-corrected chi connectivity index (χ2v) is 11.5. The Morgan fingerprint density at radius 2 is 1.47 bits per heavy atom. The average molecular weight is 650 g/mol. The van der Waals surface area contributed by atoms with Gasteiger partial charge in [-0.1, -0.05) is 44.2 Å². The molecule has 1 aliphatic heterocycles. The maximum atomic E-state index is 14.0. The first-order valence-corrected chi connectivity index (χ1v) is 15.0. The smallest absolute Gasteiger partial charge is 0.377 e. The van der Waals surface area contributed by atoms with Crippen LogP contribution in [0.2, 0.25) is 0 Å². The van der Waals surface area contributed by atoms with Gasteiger partial charge < -0.3 is 24.4 Å². The van der Waals surface area contributed by atoms with Gasteiger partial charge in [0.15, 0.2) is 11.5 Å². The van der Waals surface area contributed by atoms with Gasteiger partial charge in [-0.15, -0.1) is 0 Å². The lowest BCUT2D eigenvalue weighted by Gasteiger charge is -2.40. The van der Waals surface area contributed by atoms with Crippen molar-refractivity contribution in [1.29, 1.82) is 0 Å². The normalized spacial score (nSPS) is 15.1. The number of esters is 3. The van der Waals surface area contributed by atoms with Crippen LogP contribution in [-0.2, 0) is 44.7 Å². The number of ether oxygens (including phenoxy) is 3. The van der Waals surface area contributed by atoms with Crippen LogP contribution >= 0.6 is 0 Å². The molecule has 2 atom stereocenters. The summed E-state index contributed by atoms with van der Waals surface area (Å²) >= 11 is 0. The van der Waals surface area contributed by atoms with Crippen molar-refractivity contribution in [3.05, 3.63) is 65.9 Å². The number of hydrogen-bond acceptors (Lipinski definition) is 10. The number of carbonyl (C=O) groups excluding carboxylic acids is 7. The highest BCUT2D eigenvalue weighted by Crippen LogP contribution is 2.35. The first kappa shape index (κ1) is 36.1. The van der Waals surface area contributed by atoms with Crippen molar-refractivity contribution in [2.75, 3.05) is 6.54 Å². The Balaban J connectivity index is 2.06. The van der Waals surface area contributed by atoms with Crippen LogP contribution in [0.25, 0.3) is 5.70 Å². The number of hydrogen-bond donors (Lipinski definition) is 1. The summed E-state index contributed by atoms with van der Waals surface area (Å²) in [5, 5.41) is 2.59. The Morgan fingerprint density at radius 3 is 2.02 bits per heavy atom. The van der Waals surface area contributed by atoms with E-state index >= 15 is 0 Å². The lowest BCUT2D eigenvalue weighted by molar-refractivity contribution is -0.157. The van der Waals surface area contributed by atoms with E-state index in [0.29, 0.717) is 5.56 Å². The molecule has 1 N–H and O–H groups in total. The summed E-state index contributed by atoms with van der Waals surface area (Å²) in [6, 6.07) is 10.6. The molecule has 3 amide bonds. The second kappa shape index (κ2) is 15.8. The summed E-state index contributed by atoms with van der Waals surface area (Å²) in [4.78, 5) is 92.0. The van der Waals surface area contributed by atoms with E-state index in [2.05, 4.69) is 5.32 Å². The van der Waals surface area contributed by atoms with E-state index in [-0.39, 0.29) is 35.1 Å². The van der Waals surface area contributed by atoms with E-state index in [4.69, 9.17) is 14.2 Å². The van der Waals surface area contributed by atoms with Crippen molar-refractivity contribution in [3.63, 3.8) is 0 Å². The molecule has 3 rings (SSSR count). The van der Waals surface area contributed by atoms with Crippen LogP contribution in [0.4, 0.5) is 0 Å². The highest BCUT2D eigenvalue weighted by Gasteiger charge is 2.41. The zero-order chi connectivity index (χ0) is 35.0. The number of ketones is 1. The number of Topliss-reactive ketones (excluding diaryl/α,β-unsaturated/α-hetero) is 1. The quantitative estimate of drug-likeness (QED) is 0.205. The van der Waals surface area contributed by atoms with Crippen LogP contribution in [0, 0.1) is 5.92 Å². The van der Waals surface area contributed by atoms with Crippen LogP contribution in [0.5, 0.6) is 11.5 Å². The first-order chi connectivity index (χ1) is 22.1. The molecule has 0 aromatic heterocycles. The van der Waals surface area contributed by atoms with E-state index in [1.807, 2.05) is 0 Å². The molecule has 0 fully saturated rings. The van der Waals surface area contributed by atoms with Gasteiger partial charge in [-0.3, -0.25) is 33.7 Å². The first-order valence-electron chi connectivity index (χ1n) is 15.0. The SMILES string of the molecule is CC(=O)Oc1ccc(C2=CN(C(C)=O)C(C(C)C)C(=O)N2CC(=O)N[C@@H](Cc2ccccc2)C(=O)C(=O)OC(C)C)cc1OC(C)=O. The molecule has 0 aliphatic carbocycles. The average Bonchev–Trinajstić information content (AvgIpc) is 2.97. The zero-order valence-corrected chi connectivity index (χ0v) is 27.4. The largest absolute Gasteiger partial charge is 0.457 e. The number of carbonyl (C=O) groups is 7. The van der Waals surface area contributed by atoms with Gasteiger partial charge in [-0.2, -0.15) is 0 Å². The zero-order valence-electron chi connectivity index (χ0n) is 27.4. The summed E-state index contributed by atoms with van der Waals surface area (Å²) in [6.07, 6.45) is 0.817. The van der Waals surface area contributed by atoms with Crippen LogP contribution < -0.4 is 14.8 Å². The van der Waals surface area contributed by atoms with E-state index < -0.39 is 66.1 Å². The maximum absolute atomic E-state index is 14.0. The third kappa shape index (κ3) is 9.58. The van der Waals surface area contributed by atoms with E-state index in [0.717, 1.165) is 11.8 Å². The molecule has 0 bridgehead atoms. The minimum atomic E-state index is -1.31. The summed E-state index contributed by atoms with van der Waals surface area (Å²) in [6.45, 7) is 9.69. The van der Waals surface area contributed by atoms with Crippen LogP contribution in [-0.4, -0.2) is 75.9 Å². The molecule has 47 heavy (non-hydrogen) atoms. The van der Waals surface area contributed by atoms with Crippen LogP contribution in [0.1, 0.15) is 59.6 Å². The fraction of sp³-hybridized carbons (Fsp3) is 0.382. The fourth-order valence-corrected chi connectivity index (χ4v) is 4.96. The number of rotatable bonds is 12. The van der Waals surface area contributed by atoms with Gasteiger partial charge in [0.1, 0.15) is 18.6 Å². The summed E-state index contributed by atoms with van der Waals surface area (Å²) in [7, 11) is 0. The minimum Gasteiger partial charge on any atom is -0.457 e. The molecular formula is C34H39N3O10. The van der Waals surface area contributed by atoms with Gasteiger partial charge in [-0.05, 0) is 43.5 Å². The van der Waals surface area contributed by atoms with Crippen molar-refractivity contribution in [2.45, 2.75) is 73.1 Å². The molecule has 1 heterocycles. The molecule has 2 aromatic rings. The predicted molar refractivity (Wildman–Crippen MR) is 168 cm³/mol. The molecule has 250 valence electrons. The molecule has 0 saturated heterocycles. The lowest BCUT2D eigenvalue weighted by atomic mass is 9.96. The number of amides is 3. The Kier molecular flexibility index (Phi) is 12.1. The van der Waals surface area contributed by atoms with Gasteiger partial charge in [0.2, 0.25) is 11.8 Å². The Bertz CT molecular complexity index is 1580. The molecule has 0 spiro atoms. The van der Waals surface area contributed by atoms with Crippen molar-refractivity contribution in [1.82, 2.24) is 15.1 Å². The highest BCUT2D eigenvalue weighted by atomic mass is 16.6. The molecular weight excluding hydrogens is 610 g/mol. The summed E-state index contributed by atoms with van der Waals surface area (Å²) in [5.41, 5.74) is 0.996. The van der Waals surface area contributed by atoms with Crippen molar-refractivity contribution < 1.29 is 47.8 Å². The van der Waals surface area contributed by atoms with Crippen molar-refractivity contribution in [2.24, 2.45) is 5.92 Å². The lowest BCUT2D eigenvalue weighted by Crippen LogP contribution is -2.57. The summed E-state index contributed by atoms with van der Waals surface area (Å²) < 4.78 is 15.5. The third-order valence-corrected chi connectivity index (χ3v) is 6.89. The van der Waals surface area contributed by atoms with Gasteiger partial charge in [-0.25, -0.2) is 4.79 Å². The van der Waals surface area contributed by atoms with E-state index in [9.17, 15) is 33.6 Å². The molecule has 1 aliphatic rings. The monoisotopic (exact) mass is 649 g/mol. The summed E-state index contributed by atoms with van der Waals surface area (Å²) in [5.74, 6) is -5.83. The third-order valence-electron chi connectivity index (χ3n) is 6.89. The van der Waals surface area contributed by atoms with Crippen LogP contribution in [0.15, 0.2) is 54.7 Å². The fourth-order valence-electron chi connectivity index (χ4n) is 4.96. The topological polar surface area (TPSA) is 166 Å². The van der Waals surface area contributed by atoms with Gasteiger partial charge in [0.25, 0.3) is 11.7 Å². The minimum absolute atomic E-state index is 0.0225. The van der Waals surface area contributed by atoms with E-state index in [1.54, 1.807) is 58.0 Å². The molecule has 1 unspecified atom stereocenters. The molecule has 0 saturated carbocycles. The Labute approximate surface area is 272 Å². The predicted octanol–water partition coefficient (Wildman–Crippen LogP) is 2.80. The Hall–Kier alpha value is -5.33. The number of nitrogens with one attached hydrogen (secondary N) is 1. The molecule has 13 heteroatoms. The molecule has 0 radical (unpaired) electrons. The number of nitrogens with zero attached hydrogens (tertiary/aromatic N) is 2. The van der Waals surface area contributed by atoms with Gasteiger partial charge in [0.05, 0.1) is 11.8 Å². The van der Waals surface area contributed by atoms with E-state index in [1.165, 1.54) is 43.1 Å². The van der Waals surface area contributed by atoms with Crippen molar-refractivity contribution >= 4 is 47.1 Å². The maximum Gasteiger partial charge on any atom is 0.377 e. The van der Waals surface area contributed by atoms with Crippen molar-refractivity contribution in [3.8, 4) is 11.5 Å². The highest BCUT2D eigenvalue weighted by molar-refractivity contribution is 6.36. The second-order valence-electron chi connectivity index (χ2n) is 11.5. The number of benzene rings is 2. The van der Waals surface area contributed by atoms with Gasteiger partial charge >= 0.3 is 17.9 Å². The molecule has 2 aromatic carbocycles. The Morgan fingerprint density at radius 1 is 0.851 bits per heavy atom. The van der Waals surface area contributed by atoms with Gasteiger partial charge in [0, 0.05) is 39.0 Å².